The van der Waals surface area contributed by atoms with Gasteiger partial charge in [-0.15, -0.1) is 0 Å². The van der Waals surface area contributed by atoms with Crippen LogP contribution >= 0.6 is 0 Å². The molecule has 1 aliphatic rings. The minimum Gasteiger partial charge on any atom is -0.394 e. The minimum absolute atomic E-state index is 0.00168. The van der Waals surface area contributed by atoms with E-state index in [0.717, 1.165) is 6.42 Å². The van der Waals surface area contributed by atoms with Crippen molar-refractivity contribution in [2.45, 2.75) is 39.5 Å². The van der Waals surface area contributed by atoms with Gasteiger partial charge in [0, 0.05) is 0 Å². The van der Waals surface area contributed by atoms with Crippen molar-refractivity contribution in [2.24, 2.45) is 5.92 Å². The molecule has 7 heteroatoms. The van der Waals surface area contributed by atoms with Gasteiger partial charge in [0.1, 0.15) is 6.23 Å². The molecule has 1 aliphatic heterocycles. The lowest BCUT2D eigenvalue weighted by molar-refractivity contribution is -0.0277. The molecule has 20 heavy (non-hydrogen) atoms. The molecule has 0 spiro atoms. The summed E-state index contributed by atoms with van der Waals surface area (Å²) >= 11 is 0. The lowest BCUT2D eigenvalue weighted by Gasteiger charge is -2.13. The molecular weight excluding hydrogens is 260 g/mol. The van der Waals surface area contributed by atoms with Crippen molar-refractivity contribution in [3.63, 3.8) is 0 Å². The van der Waals surface area contributed by atoms with E-state index in [1.165, 1.54) is 6.33 Å². The number of nitrogens with one attached hydrogen (secondary N) is 1. The third-order valence-corrected chi connectivity index (χ3v) is 3.40. The smallest absolute Gasteiger partial charge is 0.278 e. The van der Waals surface area contributed by atoms with E-state index in [1.54, 1.807) is 10.9 Å². The summed E-state index contributed by atoms with van der Waals surface area (Å²) in [5, 5.41) is 9.19. The number of hydrogen-bond acceptors (Lipinski definition) is 5. The molecule has 3 rings (SSSR count). The van der Waals surface area contributed by atoms with Gasteiger partial charge in [0.15, 0.2) is 11.2 Å². The van der Waals surface area contributed by atoms with Crippen LogP contribution in [0.2, 0.25) is 0 Å². The fraction of sp³-hybridized carbons (Fsp3) is 0.615. The van der Waals surface area contributed by atoms with E-state index < -0.39 is 0 Å². The predicted molar refractivity (Wildman–Crippen MR) is 74.3 cm³/mol. The maximum Gasteiger partial charge on any atom is 0.278 e. The van der Waals surface area contributed by atoms with E-state index in [9.17, 15) is 9.90 Å². The van der Waals surface area contributed by atoms with Crippen LogP contribution in [0.4, 0.5) is 0 Å². The second kappa shape index (κ2) is 6.15. The molecule has 2 N–H and O–H groups in total. The summed E-state index contributed by atoms with van der Waals surface area (Å²) in [5.41, 5.74) is 0.555. The van der Waals surface area contributed by atoms with Crippen molar-refractivity contribution in [1.29, 1.82) is 0 Å². The zero-order valence-electron chi connectivity index (χ0n) is 11.9. The number of nitrogens with zero attached hydrogens (tertiary/aromatic N) is 3. The number of rotatable bonds is 2. The van der Waals surface area contributed by atoms with Gasteiger partial charge in [-0.1, -0.05) is 20.8 Å². The molecule has 0 aliphatic carbocycles. The van der Waals surface area contributed by atoms with Crippen molar-refractivity contribution in [2.75, 3.05) is 6.61 Å². The number of fused-ring (bicyclic) bond motifs is 1. The highest BCUT2D eigenvalue weighted by atomic mass is 16.5. The number of aromatic nitrogens is 4. The van der Waals surface area contributed by atoms with Crippen LogP contribution in [-0.2, 0) is 4.74 Å². The first-order valence-electron chi connectivity index (χ1n) is 6.87. The number of ether oxygens (including phenoxy) is 1. The Balaban J connectivity index is 0.000000704. The number of aliphatic hydroxyl groups is 1. The topological polar surface area (TPSA) is 93.0 Å². The minimum atomic E-state index is -0.261. The molecule has 0 saturated carbocycles. The second-order valence-electron chi connectivity index (χ2n) is 4.58. The van der Waals surface area contributed by atoms with Gasteiger partial charge in [0.05, 0.1) is 25.4 Å². The average Bonchev–Trinajstić information content (AvgIpc) is 3.05. The third kappa shape index (κ3) is 2.46. The SMILES string of the molecule is CC.CC1C[C@H](n2cnc3c(=O)[nH]cnc32)OC1CO. The highest BCUT2D eigenvalue weighted by molar-refractivity contribution is 5.68. The van der Waals surface area contributed by atoms with Crippen LogP contribution in [0.15, 0.2) is 17.4 Å². The highest BCUT2D eigenvalue weighted by Crippen LogP contribution is 2.33. The normalized spacial score (nSPS) is 25.5. The fourth-order valence-corrected chi connectivity index (χ4v) is 2.34. The molecule has 2 aromatic rings. The van der Waals surface area contributed by atoms with Crippen LogP contribution in [0.3, 0.4) is 0 Å². The largest absolute Gasteiger partial charge is 0.394 e. The lowest BCUT2D eigenvalue weighted by Crippen LogP contribution is -2.18. The van der Waals surface area contributed by atoms with Crippen LogP contribution in [-0.4, -0.2) is 37.3 Å². The second-order valence-corrected chi connectivity index (χ2v) is 4.58. The van der Waals surface area contributed by atoms with Gasteiger partial charge in [0.2, 0.25) is 0 Å². The maximum atomic E-state index is 11.5. The molecule has 7 nitrogen and oxygen atoms in total. The summed E-state index contributed by atoms with van der Waals surface area (Å²) in [6, 6.07) is 0. The molecule has 0 aromatic carbocycles. The molecule has 0 amide bonds. The number of H-pyrrole nitrogens is 1. The van der Waals surface area contributed by atoms with Crippen LogP contribution in [0, 0.1) is 5.92 Å². The van der Waals surface area contributed by atoms with Crippen molar-refractivity contribution >= 4 is 11.2 Å². The third-order valence-electron chi connectivity index (χ3n) is 3.40. The Bertz CT molecular complexity index is 621. The number of hydrogen-bond donors (Lipinski definition) is 2. The molecule has 0 radical (unpaired) electrons. The zero-order chi connectivity index (χ0) is 14.7. The maximum absolute atomic E-state index is 11.5. The number of aromatic amines is 1. The van der Waals surface area contributed by atoms with Gasteiger partial charge >= 0.3 is 0 Å². The molecule has 3 atom stereocenters. The zero-order valence-corrected chi connectivity index (χ0v) is 11.9. The lowest BCUT2D eigenvalue weighted by atomic mass is 10.0. The van der Waals surface area contributed by atoms with Gasteiger partial charge < -0.3 is 14.8 Å². The Morgan fingerprint density at radius 2 is 2.25 bits per heavy atom. The van der Waals surface area contributed by atoms with Gasteiger partial charge in [-0.3, -0.25) is 9.36 Å². The molecule has 2 unspecified atom stereocenters. The molecule has 1 saturated heterocycles. The predicted octanol–water partition coefficient (Wildman–Crippen LogP) is 1.06. The summed E-state index contributed by atoms with van der Waals surface area (Å²) in [6.45, 7) is 6.03. The van der Waals surface area contributed by atoms with Crippen LogP contribution < -0.4 is 5.56 Å². The Kier molecular flexibility index (Phi) is 4.51. The highest BCUT2D eigenvalue weighted by Gasteiger charge is 2.33. The van der Waals surface area contributed by atoms with Gasteiger partial charge in [-0.2, -0.15) is 0 Å². The number of imidazole rings is 1. The molecular formula is C13H20N4O3. The van der Waals surface area contributed by atoms with Gasteiger partial charge in [0.25, 0.3) is 5.56 Å². The van der Waals surface area contributed by atoms with E-state index in [-0.39, 0.29) is 30.4 Å². The average molecular weight is 280 g/mol. The van der Waals surface area contributed by atoms with Crippen molar-refractivity contribution < 1.29 is 9.84 Å². The van der Waals surface area contributed by atoms with E-state index in [2.05, 4.69) is 15.0 Å². The van der Waals surface area contributed by atoms with E-state index in [0.29, 0.717) is 11.2 Å². The van der Waals surface area contributed by atoms with Gasteiger partial charge in [-0.05, 0) is 12.3 Å². The van der Waals surface area contributed by atoms with E-state index >= 15 is 0 Å². The molecule has 110 valence electrons. The van der Waals surface area contributed by atoms with Crippen LogP contribution in [0.25, 0.3) is 11.2 Å². The standard InChI is InChI=1S/C11H14N4O3.C2H6/c1-6-2-8(18-7(6)3-16)15-5-14-9-10(15)12-4-13-11(9)17;1-2/h4-8,16H,2-3H2,1H3,(H,12,13,17);1-2H3/t6?,7?,8-;/m1./s1. The Morgan fingerprint density at radius 1 is 1.50 bits per heavy atom. The van der Waals surface area contributed by atoms with Crippen LogP contribution in [0.5, 0.6) is 0 Å². The molecule has 0 bridgehead atoms. The Hall–Kier alpha value is -1.73. The summed E-state index contributed by atoms with van der Waals surface area (Å²) in [6.07, 6.45) is 3.28. The number of aliphatic hydroxyl groups excluding tert-OH is 1. The monoisotopic (exact) mass is 280 g/mol. The van der Waals surface area contributed by atoms with Gasteiger partial charge in [-0.25, -0.2) is 9.97 Å². The molecule has 3 heterocycles. The fourth-order valence-electron chi connectivity index (χ4n) is 2.34. The van der Waals surface area contributed by atoms with E-state index in [4.69, 9.17) is 4.74 Å². The van der Waals surface area contributed by atoms with Crippen LogP contribution in [0.1, 0.15) is 33.4 Å². The Morgan fingerprint density at radius 3 is 2.90 bits per heavy atom. The van der Waals surface area contributed by atoms with E-state index in [1.807, 2.05) is 20.8 Å². The first-order valence-corrected chi connectivity index (χ1v) is 6.87. The first kappa shape index (κ1) is 14.7. The first-order chi connectivity index (χ1) is 9.70. The van der Waals surface area contributed by atoms with Crippen molar-refractivity contribution in [1.82, 2.24) is 19.5 Å². The van der Waals surface area contributed by atoms with Crippen molar-refractivity contribution in [3.8, 4) is 0 Å². The van der Waals surface area contributed by atoms with Crippen molar-refractivity contribution in [3.05, 3.63) is 23.0 Å². The molecule has 2 aromatic heterocycles. The summed E-state index contributed by atoms with van der Waals surface area (Å²) in [7, 11) is 0. The summed E-state index contributed by atoms with van der Waals surface area (Å²) in [5.74, 6) is 0.263. The summed E-state index contributed by atoms with van der Waals surface area (Å²) < 4.78 is 7.48. The molecule has 1 fully saturated rings. The Labute approximate surface area is 116 Å². The summed E-state index contributed by atoms with van der Waals surface area (Å²) in [4.78, 5) is 22.2. The quantitative estimate of drug-likeness (QED) is 0.858.